The summed E-state index contributed by atoms with van der Waals surface area (Å²) in [6, 6.07) is 28.2. The number of benzene rings is 4. The van der Waals surface area contributed by atoms with Crippen LogP contribution in [0.25, 0.3) is 22.6 Å². The van der Waals surface area contributed by atoms with Crippen molar-refractivity contribution in [2.24, 2.45) is 0 Å². The molecule has 0 unspecified atom stereocenters. The van der Waals surface area contributed by atoms with Gasteiger partial charge in [-0.3, -0.25) is 9.59 Å². The summed E-state index contributed by atoms with van der Waals surface area (Å²) in [5.41, 5.74) is 4.32. The van der Waals surface area contributed by atoms with Crippen LogP contribution in [0, 0.1) is 0 Å². The number of carbonyl (C=O) groups is 2. The summed E-state index contributed by atoms with van der Waals surface area (Å²) < 4.78 is 5.82. The van der Waals surface area contributed by atoms with Gasteiger partial charge in [-0.1, -0.05) is 35.9 Å². The SMILES string of the molecule is O=C(Nc1cccc(-c2nc3ccccc3o2)c1)c1ccc(NC(=O)c2cccc(Cl)c2)cc1. The van der Waals surface area contributed by atoms with Crippen LogP contribution < -0.4 is 10.6 Å². The van der Waals surface area contributed by atoms with Crippen LogP contribution in [0.3, 0.4) is 0 Å². The van der Waals surface area contributed by atoms with Gasteiger partial charge in [0.05, 0.1) is 0 Å². The minimum absolute atomic E-state index is 0.276. The van der Waals surface area contributed by atoms with E-state index < -0.39 is 0 Å². The maximum absolute atomic E-state index is 12.7. The van der Waals surface area contributed by atoms with Crippen molar-refractivity contribution >= 4 is 45.9 Å². The standard InChI is InChI=1S/C27H18ClN3O3/c28-20-7-3-5-18(15-20)26(33)29-21-13-11-17(12-14-21)25(32)30-22-8-4-6-19(16-22)27-31-23-9-1-2-10-24(23)34-27/h1-16H,(H,29,33)(H,30,32). The van der Waals surface area contributed by atoms with E-state index in [1.807, 2.05) is 42.5 Å². The molecule has 1 aromatic heterocycles. The predicted octanol–water partition coefficient (Wildman–Crippen LogP) is 6.65. The Hall–Kier alpha value is -4.42. The van der Waals surface area contributed by atoms with Crippen LogP contribution in [0.4, 0.5) is 11.4 Å². The maximum Gasteiger partial charge on any atom is 0.255 e. The molecule has 2 N–H and O–H groups in total. The van der Waals surface area contributed by atoms with Crippen LogP contribution in [-0.2, 0) is 0 Å². The topological polar surface area (TPSA) is 84.2 Å². The minimum atomic E-state index is -0.282. The lowest BCUT2D eigenvalue weighted by molar-refractivity contribution is 0.102. The quantitative estimate of drug-likeness (QED) is 0.303. The van der Waals surface area contributed by atoms with Gasteiger partial charge in [0.2, 0.25) is 5.89 Å². The maximum atomic E-state index is 12.7. The Morgan fingerprint density at radius 3 is 2.24 bits per heavy atom. The van der Waals surface area contributed by atoms with Crippen molar-refractivity contribution in [3.8, 4) is 11.5 Å². The highest BCUT2D eigenvalue weighted by atomic mass is 35.5. The average molecular weight is 468 g/mol. The number of rotatable bonds is 5. The number of carbonyl (C=O) groups excluding carboxylic acids is 2. The van der Waals surface area contributed by atoms with E-state index in [0.717, 1.165) is 11.1 Å². The van der Waals surface area contributed by atoms with E-state index in [1.54, 1.807) is 54.6 Å². The summed E-state index contributed by atoms with van der Waals surface area (Å²) in [4.78, 5) is 29.6. The van der Waals surface area contributed by atoms with E-state index in [2.05, 4.69) is 15.6 Å². The van der Waals surface area contributed by atoms with Gasteiger partial charge in [0, 0.05) is 33.1 Å². The van der Waals surface area contributed by atoms with E-state index in [4.69, 9.17) is 16.0 Å². The molecule has 0 spiro atoms. The summed E-state index contributed by atoms with van der Waals surface area (Å²) in [6.07, 6.45) is 0. The third-order valence-electron chi connectivity index (χ3n) is 5.15. The Morgan fingerprint density at radius 1 is 0.706 bits per heavy atom. The first-order chi connectivity index (χ1) is 16.5. The van der Waals surface area contributed by atoms with E-state index >= 15 is 0 Å². The van der Waals surface area contributed by atoms with E-state index in [1.165, 1.54) is 0 Å². The third kappa shape index (κ3) is 4.67. The van der Waals surface area contributed by atoms with Gasteiger partial charge in [0.25, 0.3) is 11.8 Å². The molecule has 5 rings (SSSR count). The molecule has 0 saturated heterocycles. The molecule has 2 amide bonds. The number of aromatic nitrogens is 1. The van der Waals surface area contributed by atoms with Gasteiger partial charge in [-0.15, -0.1) is 0 Å². The number of hydrogen-bond acceptors (Lipinski definition) is 4. The largest absolute Gasteiger partial charge is 0.436 e. The predicted molar refractivity (Wildman–Crippen MR) is 133 cm³/mol. The first-order valence-electron chi connectivity index (χ1n) is 10.5. The van der Waals surface area contributed by atoms with E-state index in [-0.39, 0.29) is 11.8 Å². The van der Waals surface area contributed by atoms with Gasteiger partial charge in [0.15, 0.2) is 5.58 Å². The van der Waals surface area contributed by atoms with Crippen molar-refractivity contribution in [3.05, 3.63) is 113 Å². The normalized spacial score (nSPS) is 10.7. The first kappa shape index (κ1) is 21.4. The second-order valence-electron chi connectivity index (χ2n) is 7.56. The highest BCUT2D eigenvalue weighted by Gasteiger charge is 2.11. The number of oxazole rings is 1. The van der Waals surface area contributed by atoms with Gasteiger partial charge >= 0.3 is 0 Å². The molecule has 6 nitrogen and oxygen atoms in total. The zero-order chi connectivity index (χ0) is 23.5. The molecule has 0 atom stereocenters. The number of halogens is 1. The molecule has 0 aliphatic heterocycles. The Kier molecular flexibility index (Phi) is 5.81. The van der Waals surface area contributed by atoms with Crippen molar-refractivity contribution in [2.45, 2.75) is 0 Å². The van der Waals surface area contributed by atoms with Crippen LogP contribution in [0.1, 0.15) is 20.7 Å². The fraction of sp³-hybridized carbons (Fsp3) is 0. The van der Waals surface area contributed by atoms with Crippen molar-refractivity contribution in [2.75, 3.05) is 10.6 Å². The molecular formula is C27H18ClN3O3. The van der Waals surface area contributed by atoms with Crippen molar-refractivity contribution in [1.82, 2.24) is 4.98 Å². The molecule has 1 heterocycles. The van der Waals surface area contributed by atoms with Crippen molar-refractivity contribution in [1.29, 1.82) is 0 Å². The van der Waals surface area contributed by atoms with Crippen molar-refractivity contribution < 1.29 is 14.0 Å². The van der Waals surface area contributed by atoms with Gasteiger partial charge in [-0.25, -0.2) is 4.98 Å². The average Bonchev–Trinajstić information content (AvgIpc) is 3.29. The number of nitrogens with one attached hydrogen (secondary N) is 2. The zero-order valence-electron chi connectivity index (χ0n) is 17.8. The molecule has 0 bridgehead atoms. The summed E-state index contributed by atoms with van der Waals surface area (Å²) in [6.45, 7) is 0. The number of fused-ring (bicyclic) bond motifs is 1. The van der Waals surface area contributed by atoms with Gasteiger partial charge in [0.1, 0.15) is 5.52 Å². The molecule has 0 aliphatic carbocycles. The number of nitrogens with zero attached hydrogens (tertiary/aromatic N) is 1. The third-order valence-corrected chi connectivity index (χ3v) is 5.39. The molecule has 0 radical (unpaired) electrons. The lowest BCUT2D eigenvalue weighted by Gasteiger charge is -2.08. The number of amides is 2. The van der Waals surface area contributed by atoms with Crippen LogP contribution in [0.5, 0.6) is 0 Å². The second kappa shape index (κ2) is 9.21. The van der Waals surface area contributed by atoms with E-state index in [9.17, 15) is 9.59 Å². The van der Waals surface area contributed by atoms with Crippen LogP contribution in [0.2, 0.25) is 5.02 Å². The first-order valence-corrected chi connectivity index (χ1v) is 10.9. The van der Waals surface area contributed by atoms with Crippen LogP contribution >= 0.6 is 11.6 Å². The highest BCUT2D eigenvalue weighted by molar-refractivity contribution is 6.31. The van der Waals surface area contributed by atoms with Crippen molar-refractivity contribution in [3.63, 3.8) is 0 Å². The minimum Gasteiger partial charge on any atom is -0.436 e. The molecule has 7 heteroatoms. The molecule has 166 valence electrons. The molecule has 4 aromatic carbocycles. The monoisotopic (exact) mass is 467 g/mol. The Morgan fingerprint density at radius 2 is 1.44 bits per heavy atom. The van der Waals surface area contributed by atoms with Gasteiger partial charge < -0.3 is 15.1 Å². The lowest BCUT2D eigenvalue weighted by atomic mass is 10.1. The number of para-hydroxylation sites is 2. The second-order valence-corrected chi connectivity index (χ2v) is 8.00. The molecule has 0 fully saturated rings. The molecular weight excluding hydrogens is 450 g/mol. The summed E-state index contributed by atoms with van der Waals surface area (Å²) >= 11 is 5.94. The fourth-order valence-electron chi connectivity index (χ4n) is 3.47. The Labute approximate surface area is 200 Å². The van der Waals surface area contributed by atoms with Gasteiger partial charge in [-0.05, 0) is 72.8 Å². The highest BCUT2D eigenvalue weighted by Crippen LogP contribution is 2.26. The van der Waals surface area contributed by atoms with E-state index in [0.29, 0.717) is 39.0 Å². The van der Waals surface area contributed by atoms with Crippen LogP contribution in [-0.4, -0.2) is 16.8 Å². The smallest absolute Gasteiger partial charge is 0.255 e. The fourth-order valence-corrected chi connectivity index (χ4v) is 3.66. The lowest BCUT2D eigenvalue weighted by Crippen LogP contribution is -2.13. The Bertz CT molecular complexity index is 1480. The number of hydrogen-bond donors (Lipinski definition) is 2. The molecule has 5 aromatic rings. The summed E-state index contributed by atoms with van der Waals surface area (Å²) in [5.74, 6) is -0.0738. The van der Waals surface area contributed by atoms with Crippen LogP contribution in [0.15, 0.2) is 101 Å². The molecule has 0 aliphatic rings. The Balaban J connectivity index is 1.27. The zero-order valence-corrected chi connectivity index (χ0v) is 18.5. The summed E-state index contributed by atoms with van der Waals surface area (Å²) in [7, 11) is 0. The van der Waals surface area contributed by atoms with Gasteiger partial charge in [-0.2, -0.15) is 0 Å². The molecule has 0 saturated carbocycles. The number of anilines is 2. The summed E-state index contributed by atoms with van der Waals surface area (Å²) in [5, 5.41) is 6.16. The molecule has 34 heavy (non-hydrogen) atoms.